The number of carbonyl (C=O) groups is 1. The molecule has 0 aliphatic carbocycles. The number of furan rings is 1. The van der Waals surface area contributed by atoms with Crippen molar-refractivity contribution in [2.24, 2.45) is 0 Å². The number of rotatable bonds is 5. The van der Waals surface area contributed by atoms with Crippen LogP contribution in [0.2, 0.25) is 0 Å². The summed E-state index contributed by atoms with van der Waals surface area (Å²) in [4.78, 5) is 12.4. The zero-order valence-electron chi connectivity index (χ0n) is 16.5. The minimum Gasteiger partial charge on any atom is -1.00 e. The van der Waals surface area contributed by atoms with Crippen molar-refractivity contribution in [2.75, 3.05) is 0 Å². The van der Waals surface area contributed by atoms with Gasteiger partial charge in [0.05, 0.1) is 0 Å². The highest BCUT2D eigenvalue weighted by molar-refractivity contribution is 5.95. The monoisotopic (exact) mass is 474 g/mol. The Morgan fingerprint density at radius 3 is 2.45 bits per heavy atom. The van der Waals surface area contributed by atoms with E-state index in [9.17, 15) is 9.90 Å². The second-order valence-electron chi connectivity index (χ2n) is 7.16. The summed E-state index contributed by atoms with van der Waals surface area (Å²) in [6, 6.07) is 24.4. The topological polar surface area (TPSA) is 59.2 Å². The van der Waals surface area contributed by atoms with Crippen LogP contribution in [0.5, 0.6) is 5.75 Å². The minimum absolute atomic E-state index is 0. The number of benzene rings is 3. The first kappa shape index (κ1) is 20.6. The molecule has 2 aromatic heterocycles. The van der Waals surface area contributed by atoms with Gasteiger partial charge in [0, 0.05) is 16.5 Å². The number of phenolic OH excluding ortho intramolecular Hbond substituents is 1. The standard InChI is InChI=1S/C25H18N2O3.BrH/c28-22-11-7-18(8-12-22)23(29)16-26-13-14-27(17-26)21-9-5-19(6-10-21)25-15-20-3-1-2-4-24(20)30-25;/h1-15,17H,16H2;1H. The number of ketones is 1. The fraction of sp³-hybridized carbons (Fsp3) is 0.0400. The van der Waals surface area contributed by atoms with E-state index in [-0.39, 0.29) is 35.1 Å². The fourth-order valence-corrected chi connectivity index (χ4v) is 3.47. The van der Waals surface area contributed by atoms with Crippen LogP contribution in [0.25, 0.3) is 28.0 Å². The Labute approximate surface area is 189 Å². The summed E-state index contributed by atoms with van der Waals surface area (Å²) in [7, 11) is 0. The molecule has 0 fully saturated rings. The molecule has 0 aliphatic rings. The van der Waals surface area contributed by atoms with Crippen LogP contribution in [0.15, 0.2) is 102 Å². The predicted octanol–water partition coefficient (Wildman–Crippen LogP) is 1.77. The molecule has 5 nitrogen and oxygen atoms in total. The number of imidazole rings is 1. The van der Waals surface area contributed by atoms with Crippen LogP contribution in [-0.2, 0) is 6.54 Å². The van der Waals surface area contributed by atoms with Gasteiger partial charge in [-0.15, -0.1) is 0 Å². The number of halogens is 1. The van der Waals surface area contributed by atoms with E-state index in [2.05, 4.69) is 0 Å². The maximum absolute atomic E-state index is 12.4. The molecule has 0 bridgehead atoms. The lowest BCUT2D eigenvalue weighted by Gasteiger charge is -2.00. The highest BCUT2D eigenvalue weighted by Gasteiger charge is 2.13. The van der Waals surface area contributed by atoms with Gasteiger partial charge >= 0.3 is 0 Å². The van der Waals surface area contributed by atoms with Crippen molar-refractivity contribution in [2.45, 2.75) is 6.54 Å². The number of aromatic hydroxyl groups is 1. The van der Waals surface area contributed by atoms with Gasteiger partial charge in [0.15, 0.2) is 6.54 Å². The maximum Gasteiger partial charge on any atom is 0.249 e. The summed E-state index contributed by atoms with van der Waals surface area (Å²) in [6.07, 6.45) is 5.67. The quantitative estimate of drug-likeness (QED) is 0.312. The second-order valence-corrected chi connectivity index (χ2v) is 7.16. The number of fused-ring (bicyclic) bond motifs is 1. The molecule has 0 radical (unpaired) electrons. The number of nitrogens with zero attached hydrogens (tertiary/aromatic N) is 2. The number of hydrogen-bond donors (Lipinski definition) is 1. The molecule has 154 valence electrons. The molecular weight excluding hydrogens is 456 g/mol. The van der Waals surface area contributed by atoms with Crippen LogP contribution in [-0.4, -0.2) is 15.5 Å². The average Bonchev–Trinajstić information content (AvgIpc) is 3.41. The van der Waals surface area contributed by atoms with Gasteiger partial charge in [0.1, 0.15) is 35.2 Å². The Morgan fingerprint density at radius 2 is 1.71 bits per heavy atom. The lowest BCUT2D eigenvalue weighted by molar-refractivity contribution is -0.682. The van der Waals surface area contributed by atoms with E-state index in [4.69, 9.17) is 4.42 Å². The average molecular weight is 475 g/mol. The maximum atomic E-state index is 12.4. The Hall–Kier alpha value is -3.64. The van der Waals surface area contributed by atoms with Crippen LogP contribution in [0, 0.1) is 0 Å². The molecule has 6 heteroatoms. The van der Waals surface area contributed by atoms with Gasteiger partial charge in [-0.2, -0.15) is 0 Å². The summed E-state index contributed by atoms with van der Waals surface area (Å²) in [5.74, 6) is 0.972. The second kappa shape index (κ2) is 8.62. The summed E-state index contributed by atoms with van der Waals surface area (Å²) in [6.45, 7) is 0.231. The van der Waals surface area contributed by atoms with Crippen molar-refractivity contribution in [3.8, 4) is 22.8 Å². The SMILES string of the molecule is O=C(C[n+]1ccn(-c2ccc(-c3cc4ccccc4o3)cc2)c1)c1ccc(O)cc1.[Br-]. The number of aromatic nitrogens is 2. The zero-order valence-corrected chi connectivity index (χ0v) is 18.1. The van der Waals surface area contributed by atoms with Gasteiger partial charge in [0.2, 0.25) is 12.1 Å². The van der Waals surface area contributed by atoms with E-state index in [1.54, 1.807) is 12.1 Å². The number of phenols is 1. The molecule has 0 unspecified atom stereocenters. The van der Waals surface area contributed by atoms with Crippen LogP contribution >= 0.6 is 0 Å². The molecule has 5 aromatic rings. The van der Waals surface area contributed by atoms with E-state index in [1.807, 2.05) is 82.5 Å². The fourth-order valence-electron chi connectivity index (χ4n) is 3.47. The van der Waals surface area contributed by atoms with E-state index in [0.29, 0.717) is 5.56 Å². The lowest BCUT2D eigenvalue weighted by Crippen LogP contribution is -3.00. The van der Waals surface area contributed by atoms with E-state index in [1.165, 1.54) is 12.1 Å². The third kappa shape index (κ3) is 4.29. The molecule has 0 saturated carbocycles. The van der Waals surface area contributed by atoms with E-state index < -0.39 is 0 Å². The molecule has 31 heavy (non-hydrogen) atoms. The van der Waals surface area contributed by atoms with Gasteiger partial charge in [-0.05, 0) is 60.7 Å². The molecule has 0 spiro atoms. The summed E-state index contributed by atoms with van der Waals surface area (Å²) >= 11 is 0. The third-order valence-corrected chi connectivity index (χ3v) is 5.08. The molecule has 0 saturated heterocycles. The first-order chi connectivity index (χ1) is 14.7. The van der Waals surface area contributed by atoms with Crippen molar-refractivity contribution in [3.05, 3.63) is 103 Å². The minimum atomic E-state index is -0.0158. The number of para-hydroxylation sites is 1. The highest BCUT2D eigenvalue weighted by Crippen LogP contribution is 2.28. The van der Waals surface area contributed by atoms with Crippen molar-refractivity contribution in [3.63, 3.8) is 0 Å². The molecule has 0 aliphatic heterocycles. The zero-order chi connectivity index (χ0) is 20.5. The first-order valence-electron chi connectivity index (χ1n) is 9.64. The molecule has 0 atom stereocenters. The number of Topliss-reactive ketones (excluding diaryl/α,β-unsaturated/α-hetero) is 1. The largest absolute Gasteiger partial charge is 1.00 e. The van der Waals surface area contributed by atoms with Crippen molar-refractivity contribution >= 4 is 16.8 Å². The van der Waals surface area contributed by atoms with Gasteiger partial charge in [0.25, 0.3) is 0 Å². The third-order valence-electron chi connectivity index (χ3n) is 5.08. The molecule has 0 amide bonds. The summed E-state index contributed by atoms with van der Waals surface area (Å²) < 4.78 is 9.73. The van der Waals surface area contributed by atoms with Crippen LogP contribution in [0.3, 0.4) is 0 Å². The Balaban J connectivity index is 0.00000231. The molecule has 2 heterocycles. The Kier molecular flexibility index (Phi) is 5.73. The first-order valence-corrected chi connectivity index (χ1v) is 9.64. The van der Waals surface area contributed by atoms with E-state index >= 15 is 0 Å². The molecule has 5 rings (SSSR count). The smallest absolute Gasteiger partial charge is 0.249 e. The highest BCUT2D eigenvalue weighted by atomic mass is 79.9. The molecular formula is C25H19BrN2O3. The van der Waals surface area contributed by atoms with E-state index in [0.717, 1.165) is 28.0 Å². The number of hydrogen-bond acceptors (Lipinski definition) is 3. The van der Waals surface area contributed by atoms with Crippen molar-refractivity contribution in [1.29, 1.82) is 0 Å². The van der Waals surface area contributed by atoms with Gasteiger partial charge in [-0.1, -0.05) is 18.2 Å². The Morgan fingerprint density at radius 1 is 0.968 bits per heavy atom. The van der Waals surface area contributed by atoms with Gasteiger partial charge in [-0.25, -0.2) is 9.13 Å². The normalized spacial score (nSPS) is 10.7. The van der Waals surface area contributed by atoms with Crippen LogP contribution in [0.1, 0.15) is 10.4 Å². The van der Waals surface area contributed by atoms with Gasteiger partial charge in [-0.3, -0.25) is 4.79 Å². The van der Waals surface area contributed by atoms with Gasteiger partial charge < -0.3 is 26.5 Å². The lowest BCUT2D eigenvalue weighted by atomic mass is 10.1. The summed E-state index contributed by atoms with van der Waals surface area (Å²) in [5, 5.41) is 10.4. The molecule has 3 aromatic carbocycles. The predicted molar refractivity (Wildman–Crippen MR) is 114 cm³/mol. The molecule has 1 N–H and O–H groups in total. The van der Waals surface area contributed by atoms with Crippen LogP contribution in [0.4, 0.5) is 0 Å². The summed E-state index contributed by atoms with van der Waals surface area (Å²) in [5.41, 5.74) is 3.45. The van der Waals surface area contributed by atoms with Crippen molar-refractivity contribution in [1.82, 2.24) is 4.57 Å². The number of carbonyl (C=O) groups excluding carboxylic acids is 1. The Bertz CT molecular complexity index is 1300. The van der Waals surface area contributed by atoms with Crippen LogP contribution < -0.4 is 21.5 Å². The van der Waals surface area contributed by atoms with Crippen molar-refractivity contribution < 1.29 is 35.9 Å².